The highest BCUT2D eigenvalue weighted by atomic mass is 16.6. The summed E-state index contributed by atoms with van der Waals surface area (Å²) in [6, 6.07) is 0. The Bertz CT molecular complexity index is 228. The number of rotatable bonds is 0. The quantitative estimate of drug-likeness (QED) is 0.269. The van der Waals surface area contributed by atoms with Crippen LogP contribution >= 0.6 is 0 Å². The largest absolute Gasteiger partial charge is 0.387 e. The van der Waals surface area contributed by atoms with Gasteiger partial charge in [-0.25, -0.2) is 0 Å². The highest BCUT2D eigenvalue weighted by Crippen LogP contribution is 2.48. The van der Waals surface area contributed by atoms with Crippen LogP contribution in [0.4, 0.5) is 0 Å². The molecule has 6 heteroatoms. The third-order valence-corrected chi connectivity index (χ3v) is 3.23. The second-order valence-electron chi connectivity index (χ2n) is 3.98. The third kappa shape index (κ3) is 1.01. The van der Waals surface area contributed by atoms with Crippen LogP contribution in [-0.2, 0) is 4.74 Å². The fourth-order valence-electron chi connectivity index (χ4n) is 2.18. The maximum absolute atomic E-state index is 9.59. The van der Waals surface area contributed by atoms with Crippen molar-refractivity contribution in [3.63, 3.8) is 0 Å². The zero-order valence-electron chi connectivity index (χ0n) is 7.61. The van der Waals surface area contributed by atoms with Crippen LogP contribution in [0.15, 0.2) is 0 Å². The summed E-state index contributed by atoms with van der Waals surface area (Å²) in [6.45, 7) is 1.61. The number of aliphatic hydroxyl groups excluding tert-OH is 5. The molecule has 1 spiro atoms. The summed E-state index contributed by atoms with van der Waals surface area (Å²) in [5.74, 6) is 0. The van der Waals surface area contributed by atoms with E-state index in [1.807, 2.05) is 0 Å². The molecular weight excluding hydrogens is 192 g/mol. The van der Waals surface area contributed by atoms with E-state index in [4.69, 9.17) is 4.74 Å². The minimum absolute atomic E-state index is 0.440. The molecule has 2 fully saturated rings. The summed E-state index contributed by atoms with van der Waals surface area (Å²) in [4.78, 5) is 0. The van der Waals surface area contributed by atoms with Gasteiger partial charge in [0.25, 0.3) is 0 Å². The van der Waals surface area contributed by atoms with Crippen LogP contribution < -0.4 is 0 Å². The van der Waals surface area contributed by atoms with E-state index in [1.165, 1.54) is 0 Å². The minimum atomic E-state index is -1.55. The molecule has 0 aromatic rings. The number of ether oxygens (including phenoxy) is 1. The molecule has 5 N–H and O–H groups in total. The predicted octanol–water partition coefficient (Wildman–Crippen LogP) is -3.04. The molecule has 1 heterocycles. The van der Waals surface area contributed by atoms with Gasteiger partial charge in [0, 0.05) is 0 Å². The first-order valence-corrected chi connectivity index (χ1v) is 4.51. The van der Waals surface area contributed by atoms with Crippen LogP contribution in [0.25, 0.3) is 0 Å². The third-order valence-electron chi connectivity index (χ3n) is 3.23. The summed E-state index contributed by atoms with van der Waals surface area (Å²) in [5, 5.41) is 47.2. The first kappa shape index (κ1) is 10.3. The van der Waals surface area contributed by atoms with Crippen molar-refractivity contribution in [2.45, 2.75) is 49.1 Å². The lowest BCUT2D eigenvalue weighted by molar-refractivity contribution is -0.209. The number of epoxide rings is 1. The van der Waals surface area contributed by atoms with Crippen LogP contribution in [0.2, 0.25) is 0 Å². The molecule has 5 atom stereocenters. The lowest BCUT2D eigenvalue weighted by Crippen LogP contribution is -2.66. The van der Waals surface area contributed by atoms with E-state index in [1.54, 1.807) is 6.92 Å². The maximum Gasteiger partial charge on any atom is 0.151 e. The standard InChI is InChI=1S/C8H14O6/c1-2-8(14-2)6(12)4(10)3(9)5(11)7(8)13/h2-7,9-13H,1H3. The molecule has 2 aliphatic rings. The Morgan fingerprint density at radius 2 is 1.21 bits per heavy atom. The summed E-state index contributed by atoms with van der Waals surface area (Å²) < 4.78 is 5.03. The van der Waals surface area contributed by atoms with Crippen molar-refractivity contribution in [2.75, 3.05) is 0 Å². The van der Waals surface area contributed by atoms with Gasteiger partial charge in [0.05, 0.1) is 6.10 Å². The van der Waals surface area contributed by atoms with Crippen molar-refractivity contribution in [3.8, 4) is 0 Å². The van der Waals surface area contributed by atoms with Gasteiger partial charge in [0.15, 0.2) is 5.60 Å². The first-order valence-electron chi connectivity index (χ1n) is 4.51. The van der Waals surface area contributed by atoms with Gasteiger partial charge in [-0.3, -0.25) is 0 Å². The molecule has 0 aromatic carbocycles. The Morgan fingerprint density at radius 3 is 1.50 bits per heavy atom. The summed E-state index contributed by atoms with van der Waals surface area (Å²) in [7, 11) is 0. The normalized spacial score (nSPS) is 63.0. The molecule has 1 aliphatic carbocycles. The van der Waals surface area contributed by atoms with Crippen LogP contribution in [0.5, 0.6) is 0 Å². The monoisotopic (exact) mass is 206 g/mol. The van der Waals surface area contributed by atoms with Crippen LogP contribution in [-0.4, -0.2) is 67.8 Å². The van der Waals surface area contributed by atoms with Crippen molar-refractivity contribution < 1.29 is 30.3 Å². The fourth-order valence-corrected chi connectivity index (χ4v) is 2.18. The van der Waals surface area contributed by atoms with Gasteiger partial charge < -0.3 is 30.3 Å². The Kier molecular flexibility index (Phi) is 2.11. The molecule has 82 valence electrons. The zero-order chi connectivity index (χ0) is 10.7. The highest BCUT2D eigenvalue weighted by Gasteiger charge is 2.71. The van der Waals surface area contributed by atoms with E-state index in [2.05, 4.69) is 0 Å². The van der Waals surface area contributed by atoms with E-state index in [0.717, 1.165) is 0 Å². The minimum Gasteiger partial charge on any atom is -0.387 e. The van der Waals surface area contributed by atoms with Gasteiger partial charge in [-0.15, -0.1) is 0 Å². The van der Waals surface area contributed by atoms with Gasteiger partial charge in [-0.05, 0) is 6.92 Å². The molecule has 0 bridgehead atoms. The Balaban J connectivity index is 2.27. The van der Waals surface area contributed by atoms with Crippen molar-refractivity contribution in [3.05, 3.63) is 0 Å². The SMILES string of the molecule is CC1OC12C(O)C(O)C(O)C(O)C2O. The van der Waals surface area contributed by atoms with Gasteiger partial charge in [-0.2, -0.15) is 0 Å². The molecule has 6 nitrogen and oxygen atoms in total. The molecule has 1 saturated carbocycles. The molecule has 14 heavy (non-hydrogen) atoms. The molecule has 1 aliphatic heterocycles. The fraction of sp³-hybridized carbons (Fsp3) is 1.00. The first-order chi connectivity index (χ1) is 6.43. The number of aliphatic hydroxyl groups is 5. The summed E-state index contributed by atoms with van der Waals surface area (Å²) in [5.41, 5.74) is -1.32. The highest BCUT2D eigenvalue weighted by molar-refractivity contribution is 5.19. The lowest BCUT2D eigenvalue weighted by Gasteiger charge is -2.40. The predicted molar refractivity (Wildman–Crippen MR) is 43.3 cm³/mol. The van der Waals surface area contributed by atoms with Crippen molar-refractivity contribution in [1.29, 1.82) is 0 Å². The Labute approximate surface area is 80.4 Å². The van der Waals surface area contributed by atoms with Crippen LogP contribution in [0.1, 0.15) is 6.92 Å². The van der Waals surface area contributed by atoms with Gasteiger partial charge in [0.2, 0.25) is 0 Å². The van der Waals surface area contributed by atoms with Crippen LogP contribution in [0.3, 0.4) is 0 Å². The van der Waals surface area contributed by atoms with Crippen LogP contribution in [0, 0.1) is 0 Å². The lowest BCUT2D eigenvalue weighted by atomic mass is 9.76. The van der Waals surface area contributed by atoms with Gasteiger partial charge in [-0.1, -0.05) is 0 Å². The Hall–Kier alpha value is -0.240. The molecule has 0 amide bonds. The van der Waals surface area contributed by atoms with Gasteiger partial charge in [0.1, 0.15) is 30.5 Å². The van der Waals surface area contributed by atoms with E-state index >= 15 is 0 Å². The van der Waals surface area contributed by atoms with Crippen molar-refractivity contribution in [1.82, 2.24) is 0 Å². The molecule has 1 saturated heterocycles. The second kappa shape index (κ2) is 2.88. The average Bonchev–Trinajstić information content (AvgIpc) is 2.83. The van der Waals surface area contributed by atoms with Crippen molar-refractivity contribution >= 4 is 0 Å². The zero-order valence-corrected chi connectivity index (χ0v) is 7.61. The second-order valence-corrected chi connectivity index (χ2v) is 3.98. The Morgan fingerprint density at radius 1 is 0.857 bits per heavy atom. The molecule has 0 radical (unpaired) electrons. The van der Waals surface area contributed by atoms with Gasteiger partial charge >= 0.3 is 0 Å². The molecular formula is C8H14O6. The number of hydrogen-bond donors (Lipinski definition) is 5. The van der Waals surface area contributed by atoms with E-state index < -0.39 is 42.2 Å². The molecule has 5 unspecified atom stereocenters. The molecule has 0 aromatic heterocycles. The smallest absolute Gasteiger partial charge is 0.151 e. The van der Waals surface area contributed by atoms with E-state index in [-0.39, 0.29) is 0 Å². The van der Waals surface area contributed by atoms with E-state index in [0.29, 0.717) is 0 Å². The topological polar surface area (TPSA) is 114 Å². The molecule has 2 rings (SSSR count). The summed E-state index contributed by atoms with van der Waals surface area (Å²) >= 11 is 0. The van der Waals surface area contributed by atoms with Crippen molar-refractivity contribution in [2.24, 2.45) is 0 Å². The average molecular weight is 206 g/mol. The van der Waals surface area contributed by atoms with E-state index in [9.17, 15) is 25.5 Å². The maximum atomic E-state index is 9.59. The number of hydrogen-bond acceptors (Lipinski definition) is 6. The summed E-state index contributed by atoms with van der Waals surface area (Å²) in [6.07, 6.45) is -7.76.